The predicted molar refractivity (Wildman–Crippen MR) is 49.9 cm³/mol. The van der Waals surface area contributed by atoms with E-state index < -0.39 is 43.8 Å². The maximum absolute atomic E-state index is 9.41. The summed E-state index contributed by atoms with van der Waals surface area (Å²) in [6.07, 6.45) is 0.769. The van der Waals surface area contributed by atoms with Gasteiger partial charge in [0.05, 0.1) is 43.8 Å². The maximum atomic E-state index is 9.41. The first-order valence-electron chi connectivity index (χ1n) is 4.41. The number of hydrogen-bond acceptors (Lipinski definition) is 8. The first-order chi connectivity index (χ1) is 7.87. The van der Waals surface area contributed by atoms with E-state index in [2.05, 4.69) is 0 Å². The van der Waals surface area contributed by atoms with Crippen LogP contribution in [0, 0.1) is 5.41 Å². The number of rotatable bonds is 6. The zero-order chi connectivity index (χ0) is 13.9. The second kappa shape index (κ2) is 12.6. The van der Waals surface area contributed by atoms with E-state index in [9.17, 15) is 19.8 Å². The van der Waals surface area contributed by atoms with Crippen molar-refractivity contribution in [2.24, 2.45) is 5.41 Å². The Hall–Kier alpha value is -0.857. The summed E-state index contributed by atoms with van der Waals surface area (Å²) in [4.78, 5) is 18.8. The largest absolute Gasteiger partial charge is 2.00 e. The van der Waals surface area contributed by atoms with Gasteiger partial charge in [-0.2, -0.15) is 0 Å². The fourth-order valence-electron chi connectivity index (χ4n) is 0.436. The molecule has 0 amide bonds. The average molecular weight is 316 g/mol. The van der Waals surface area contributed by atoms with E-state index in [4.69, 9.17) is 20.4 Å². The molecule has 8 nitrogen and oxygen atoms in total. The Morgan fingerprint density at radius 3 is 1.11 bits per heavy atom. The van der Waals surface area contributed by atoms with Crippen molar-refractivity contribution in [2.45, 2.75) is 0 Å². The fourth-order valence-corrected chi connectivity index (χ4v) is 0.436. The van der Waals surface area contributed by atoms with E-state index in [1.807, 2.05) is 0 Å². The van der Waals surface area contributed by atoms with Crippen LogP contribution in [0.15, 0.2) is 12.2 Å². The Morgan fingerprint density at radius 1 is 0.833 bits per heavy atom. The van der Waals surface area contributed by atoms with Gasteiger partial charge in [-0.25, -0.2) is 0 Å². The smallest absolute Gasteiger partial charge is 0.545 e. The van der Waals surface area contributed by atoms with Crippen molar-refractivity contribution in [3.63, 3.8) is 0 Å². The predicted octanol–water partition coefficient (Wildman–Crippen LogP) is -5.02. The number of carboxylic acid groups (broad SMARTS) is 2. The molecule has 0 spiro atoms. The molecular weight excluding hydrogens is 301 g/mol. The van der Waals surface area contributed by atoms with Crippen LogP contribution in [0.1, 0.15) is 0 Å². The minimum absolute atomic E-state index is 0. The van der Waals surface area contributed by atoms with Crippen molar-refractivity contribution in [1.29, 1.82) is 0 Å². The molecule has 100 valence electrons. The van der Waals surface area contributed by atoms with Crippen molar-refractivity contribution in [2.75, 3.05) is 26.4 Å². The van der Waals surface area contributed by atoms with Gasteiger partial charge < -0.3 is 40.2 Å². The van der Waals surface area contributed by atoms with Gasteiger partial charge in [-0.1, -0.05) is 0 Å². The zero-order valence-electron chi connectivity index (χ0n) is 9.61. The van der Waals surface area contributed by atoms with E-state index >= 15 is 0 Å². The van der Waals surface area contributed by atoms with Crippen LogP contribution in [-0.4, -0.2) is 58.8 Å². The summed E-state index contributed by atoms with van der Waals surface area (Å²) in [5, 5.41) is 52.8. The van der Waals surface area contributed by atoms with E-state index in [0.717, 1.165) is 0 Å². The second-order valence-electron chi connectivity index (χ2n) is 3.10. The molecule has 18 heavy (non-hydrogen) atoms. The van der Waals surface area contributed by atoms with Crippen LogP contribution in [0.25, 0.3) is 0 Å². The van der Waals surface area contributed by atoms with Crippen molar-refractivity contribution >= 4 is 11.9 Å². The number of aliphatic hydroxyl groups is 4. The van der Waals surface area contributed by atoms with Gasteiger partial charge in [0.2, 0.25) is 0 Å². The quantitative estimate of drug-likeness (QED) is 0.280. The number of aliphatic carboxylic acids is 2. The normalized spacial score (nSPS) is 10.2. The zero-order valence-corrected chi connectivity index (χ0v) is 12.6. The van der Waals surface area contributed by atoms with Crippen molar-refractivity contribution < 1.29 is 59.7 Å². The standard InChI is InChI=1S/C5H12O4.C4H4O4.Zn/c6-1-5(2-7,3-8)4-9;5-3(6)1-2-4(7)8;/h6-9H,1-4H2;1-2H,(H,5,6)(H,7,8);/q;;+2/p-2/b;2-1-;. The molecule has 0 fully saturated rings. The van der Waals surface area contributed by atoms with Crippen LogP contribution in [0.5, 0.6) is 0 Å². The summed E-state index contributed by atoms with van der Waals surface area (Å²) in [5.41, 5.74) is -1.11. The Balaban J connectivity index is -0.000000238. The molecular formula is C9H14O8Zn. The van der Waals surface area contributed by atoms with Gasteiger partial charge in [0.1, 0.15) is 0 Å². The minimum Gasteiger partial charge on any atom is -0.545 e. The molecule has 0 rings (SSSR count). The van der Waals surface area contributed by atoms with Gasteiger partial charge in [-0.15, -0.1) is 0 Å². The molecule has 0 aliphatic carbocycles. The Labute approximate surface area is 116 Å². The van der Waals surface area contributed by atoms with Crippen molar-refractivity contribution in [1.82, 2.24) is 0 Å². The number of aliphatic hydroxyl groups excluding tert-OH is 4. The van der Waals surface area contributed by atoms with Gasteiger partial charge in [-0.05, 0) is 12.2 Å². The summed E-state index contributed by atoms with van der Waals surface area (Å²) >= 11 is 0. The third kappa shape index (κ3) is 11.6. The van der Waals surface area contributed by atoms with Crippen LogP contribution >= 0.6 is 0 Å². The van der Waals surface area contributed by atoms with Gasteiger partial charge in [0, 0.05) is 0 Å². The molecule has 0 aliphatic heterocycles. The summed E-state index contributed by atoms with van der Waals surface area (Å²) in [7, 11) is 0. The fraction of sp³-hybridized carbons (Fsp3) is 0.556. The van der Waals surface area contributed by atoms with Crippen molar-refractivity contribution in [3.8, 4) is 0 Å². The number of hydrogen-bond donors (Lipinski definition) is 4. The van der Waals surface area contributed by atoms with Crippen LogP contribution < -0.4 is 10.2 Å². The molecule has 0 heterocycles. The maximum Gasteiger partial charge on any atom is 2.00 e. The number of carbonyl (C=O) groups is 2. The Kier molecular flexibility index (Phi) is 15.6. The summed E-state index contributed by atoms with van der Waals surface area (Å²) in [6, 6.07) is 0. The van der Waals surface area contributed by atoms with Crippen LogP contribution in [0.2, 0.25) is 0 Å². The van der Waals surface area contributed by atoms with Gasteiger partial charge in [0.15, 0.2) is 0 Å². The molecule has 0 atom stereocenters. The molecule has 0 aliphatic rings. The summed E-state index contributed by atoms with van der Waals surface area (Å²) in [6.45, 7) is -1.62. The molecule has 0 unspecified atom stereocenters. The molecule has 0 aromatic carbocycles. The SMILES string of the molecule is O=C([O-])/C=C\C(=O)[O-].OCC(CO)(CO)CO.[Zn+2]. The van der Waals surface area contributed by atoms with E-state index in [0.29, 0.717) is 12.2 Å². The van der Waals surface area contributed by atoms with E-state index in [1.165, 1.54) is 0 Å². The van der Waals surface area contributed by atoms with Gasteiger partial charge in [0.25, 0.3) is 0 Å². The van der Waals surface area contributed by atoms with Gasteiger partial charge >= 0.3 is 19.5 Å². The number of carbonyl (C=O) groups excluding carboxylic acids is 2. The average Bonchev–Trinajstić information content (AvgIpc) is 2.31. The molecule has 0 saturated heterocycles. The Bertz CT molecular complexity index is 228. The molecule has 0 bridgehead atoms. The Morgan fingerprint density at radius 2 is 1.06 bits per heavy atom. The van der Waals surface area contributed by atoms with Crippen molar-refractivity contribution in [3.05, 3.63) is 12.2 Å². The third-order valence-electron chi connectivity index (χ3n) is 1.70. The summed E-state index contributed by atoms with van der Waals surface area (Å²) < 4.78 is 0. The first kappa shape index (κ1) is 22.3. The first-order valence-corrected chi connectivity index (χ1v) is 4.41. The van der Waals surface area contributed by atoms with Gasteiger partial charge in [-0.3, -0.25) is 0 Å². The second-order valence-corrected chi connectivity index (χ2v) is 3.10. The summed E-state index contributed by atoms with van der Waals surface area (Å²) in [5.74, 6) is -3.09. The molecule has 0 saturated carbocycles. The van der Waals surface area contributed by atoms with E-state index in [-0.39, 0.29) is 19.5 Å². The molecule has 9 heteroatoms. The minimum atomic E-state index is -1.55. The topological polar surface area (TPSA) is 161 Å². The molecule has 0 aromatic heterocycles. The monoisotopic (exact) mass is 314 g/mol. The van der Waals surface area contributed by atoms with Crippen LogP contribution in [0.3, 0.4) is 0 Å². The van der Waals surface area contributed by atoms with E-state index in [1.54, 1.807) is 0 Å². The molecule has 0 radical (unpaired) electrons. The van der Waals surface area contributed by atoms with Crippen LogP contribution in [0.4, 0.5) is 0 Å². The van der Waals surface area contributed by atoms with Crippen LogP contribution in [-0.2, 0) is 29.1 Å². The number of carboxylic acids is 2. The molecule has 4 N–H and O–H groups in total. The molecule has 0 aromatic rings. The third-order valence-corrected chi connectivity index (χ3v) is 1.70.